The van der Waals surface area contributed by atoms with E-state index < -0.39 is 0 Å². The molecule has 168 valence electrons. The summed E-state index contributed by atoms with van der Waals surface area (Å²) in [5.41, 5.74) is 10.1. The summed E-state index contributed by atoms with van der Waals surface area (Å²) in [6.45, 7) is 18.5. The molecule has 0 bridgehead atoms. The zero-order valence-corrected chi connectivity index (χ0v) is 21.4. The second-order valence-corrected chi connectivity index (χ2v) is 12.1. The summed E-state index contributed by atoms with van der Waals surface area (Å²) >= 11 is 0. The topological polar surface area (TPSA) is 0 Å². The molecule has 0 heteroatoms. The van der Waals surface area contributed by atoms with Gasteiger partial charge in [0.2, 0.25) is 0 Å². The van der Waals surface area contributed by atoms with E-state index in [1.807, 2.05) is 0 Å². The molecule has 3 aromatic rings. The van der Waals surface area contributed by atoms with Gasteiger partial charge in [0.05, 0.1) is 0 Å². The lowest BCUT2D eigenvalue weighted by Gasteiger charge is -2.26. The Morgan fingerprint density at radius 1 is 0.788 bits per heavy atom. The van der Waals surface area contributed by atoms with Gasteiger partial charge in [-0.15, -0.1) is 0 Å². The summed E-state index contributed by atoms with van der Waals surface area (Å²) in [6.07, 6.45) is 7.17. The van der Waals surface area contributed by atoms with Crippen LogP contribution in [0.4, 0.5) is 0 Å². The maximum absolute atomic E-state index is 2.50. The highest BCUT2D eigenvalue weighted by molar-refractivity contribution is 5.71. The number of fused-ring (bicyclic) bond motifs is 3. The molecular formula is C33H36. The number of hydrogen-bond donors (Lipinski definition) is 0. The predicted molar refractivity (Wildman–Crippen MR) is 143 cm³/mol. The Bertz CT molecular complexity index is 1530. The van der Waals surface area contributed by atoms with Crippen molar-refractivity contribution in [2.75, 3.05) is 0 Å². The Hall–Kier alpha value is -2.86. The van der Waals surface area contributed by atoms with E-state index in [1.54, 1.807) is 0 Å². The van der Waals surface area contributed by atoms with E-state index in [0.29, 0.717) is 0 Å². The first-order valence-electron chi connectivity index (χ1n) is 12.3. The van der Waals surface area contributed by atoms with Crippen molar-refractivity contribution in [3.05, 3.63) is 109 Å². The standard InChI is InChI=1S/C33H36/c1-20(2)30-29(33(6,7)8)19-27-26-18-23(32(3,4)5)15-13-22(26)17-28(27)31(30)25-16-14-21-11-9-10-12-24(21)25/h9-19,25H,1-8H3. The molecule has 5 rings (SSSR count). The SMILES string of the molecule is CC(C)=c1c(C(C)(C)C)cc2c(c1C1C=Cc3ccccc31)C=c1ccc(C(C)(C)C)cc1=2. The van der Waals surface area contributed by atoms with Crippen molar-refractivity contribution < 1.29 is 0 Å². The lowest BCUT2D eigenvalue weighted by molar-refractivity contribution is 0.583. The Morgan fingerprint density at radius 3 is 2.18 bits per heavy atom. The molecule has 0 heterocycles. The van der Waals surface area contributed by atoms with Gasteiger partial charge in [-0.3, -0.25) is 0 Å². The van der Waals surface area contributed by atoms with E-state index >= 15 is 0 Å². The zero-order chi connectivity index (χ0) is 23.7. The van der Waals surface area contributed by atoms with E-state index in [4.69, 9.17) is 0 Å². The highest BCUT2D eigenvalue weighted by atomic mass is 14.3. The van der Waals surface area contributed by atoms with Crippen LogP contribution in [0.15, 0.2) is 54.6 Å². The number of allylic oxidation sites excluding steroid dienone is 1. The monoisotopic (exact) mass is 432 g/mol. The molecular weight excluding hydrogens is 396 g/mol. The highest BCUT2D eigenvalue weighted by Crippen LogP contribution is 2.38. The minimum atomic E-state index is 0.0581. The third-order valence-electron chi connectivity index (χ3n) is 7.34. The van der Waals surface area contributed by atoms with Crippen LogP contribution in [-0.4, -0.2) is 0 Å². The Kier molecular flexibility index (Phi) is 4.87. The Labute approximate surface area is 198 Å². The lowest BCUT2D eigenvalue weighted by Crippen LogP contribution is -2.29. The van der Waals surface area contributed by atoms with Crippen molar-refractivity contribution in [2.45, 2.75) is 72.1 Å². The Morgan fingerprint density at radius 2 is 1.52 bits per heavy atom. The second kappa shape index (κ2) is 7.32. The fourth-order valence-electron chi connectivity index (χ4n) is 5.59. The third kappa shape index (κ3) is 3.52. The predicted octanol–water partition coefficient (Wildman–Crippen LogP) is 7.06. The fraction of sp³-hybridized carbons (Fsp3) is 0.333. The molecule has 1 unspecified atom stereocenters. The van der Waals surface area contributed by atoms with E-state index in [0.717, 1.165) is 0 Å². The summed E-state index contributed by atoms with van der Waals surface area (Å²) < 4.78 is 0. The average Bonchev–Trinajstić information content (AvgIpc) is 3.32. The molecule has 0 nitrogen and oxygen atoms in total. The summed E-state index contributed by atoms with van der Waals surface area (Å²) in [4.78, 5) is 0. The van der Waals surface area contributed by atoms with Crippen LogP contribution in [0.3, 0.4) is 0 Å². The van der Waals surface area contributed by atoms with Crippen LogP contribution in [0.5, 0.6) is 0 Å². The van der Waals surface area contributed by atoms with Crippen LogP contribution in [0.1, 0.15) is 94.7 Å². The van der Waals surface area contributed by atoms with Gasteiger partial charge in [0, 0.05) is 5.92 Å². The fourth-order valence-corrected chi connectivity index (χ4v) is 5.59. The van der Waals surface area contributed by atoms with Gasteiger partial charge < -0.3 is 0 Å². The van der Waals surface area contributed by atoms with Crippen molar-refractivity contribution in [2.24, 2.45) is 0 Å². The van der Waals surface area contributed by atoms with E-state index in [2.05, 4.69) is 122 Å². The summed E-state index contributed by atoms with van der Waals surface area (Å²) in [5, 5.41) is 5.59. The minimum Gasteiger partial charge on any atom is -0.0720 e. The molecule has 0 amide bonds. The smallest absolute Gasteiger partial charge is 0.0290 e. The van der Waals surface area contributed by atoms with E-state index in [9.17, 15) is 0 Å². The van der Waals surface area contributed by atoms with Crippen molar-refractivity contribution in [1.29, 1.82) is 0 Å². The van der Waals surface area contributed by atoms with Crippen LogP contribution in [0, 0.1) is 10.4 Å². The number of hydrogen-bond acceptors (Lipinski definition) is 0. The first-order chi connectivity index (χ1) is 15.5. The van der Waals surface area contributed by atoms with Gasteiger partial charge in [-0.05, 0) is 91.1 Å². The number of rotatable bonds is 1. The third-order valence-corrected chi connectivity index (χ3v) is 7.34. The molecule has 0 saturated heterocycles. The van der Waals surface area contributed by atoms with Gasteiger partial charge >= 0.3 is 0 Å². The van der Waals surface area contributed by atoms with Crippen molar-refractivity contribution in [3.8, 4) is 0 Å². The van der Waals surface area contributed by atoms with E-state index in [-0.39, 0.29) is 16.7 Å². The molecule has 0 aliphatic heterocycles. The molecule has 0 radical (unpaired) electrons. The summed E-state index contributed by atoms with van der Waals surface area (Å²) in [7, 11) is 0. The molecule has 2 aliphatic rings. The molecule has 0 spiro atoms. The molecule has 33 heavy (non-hydrogen) atoms. The summed E-state index contributed by atoms with van der Waals surface area (Å²) in [5.74, 6) is 0.287. The average molecular weight is 433 g/mol. The van der Waals surface area contributed by atoms with Gasteiger partial charge in [-0.25, -0.2) is 0 Å². The van der Waals surface area contributed by atoms with Gasteiger partial charge in [-0.2, -0.15) is 0 Å². The molecule has 3 aromatic carbocycles. The van der Waals surface area contributed by atoms with Crippen LogP contribution in [0.25, 0.3) is 17.7 Å². The van der Waals surface area contributed by atoms with Crippen molar-refractivity contribution in [1.82, 2.24) is 0 Å². The van der Waals surface area contributed by atoms with Crippen LogP contribution >= 0.6 is 0 Å². The maximum Gasteiger partial charge on any atom is 0.0290 e. The molecule has 2 aliphatic carbocycles. The lowest BCUT2D eigenvalue weighted by atomic mass is 9.78. The number of benzene rings is 3. The van der Waals surface area contributed by atoms with Crippen molar-refractivity contribution >= 4 is 17.7 Å². The van der Waals surface area contributed by atoms with Gasteiger partial charge in [-0.1, -0.05) is 102 Å². The molecule has 0 fully saturated rings. The highest BCUT2D eigenvalue weighted by Gasteiger charge is 2.28. The van der Waals surface area contributed by atoms with Gasteiger partial charge in [0.15, 0.2) is 0 Å². The maximum atomic E-state index is 2.50. The molecule has 0 N–H and O–H groups in total. The van der Waals surface area contributed by atoms with Crippen LogP contribution in [0.2, 0.25) is 0 Å². The normalized spacial score (nSPS) is 16.3. The molecule has 0 aromatic heterocycles. The Balaban J connectivity index is 1.98. The quantitative estimate of drug-likeness (QED) is 0.302. The second-order valence-electron chi connectivity index (χ2n) is 12.1. The minimum absolute atomic E-state index is 0.0581. The first-order valence-corrected chi connectivity index (χ1v) is 12.3. The molecule has 1 atom stereocenters. The first kappa shape index (κ1) is 22.0. The van der Waals surface area contributed by atoms with Crippen molar-refractivity contribution in [3.63, 3.8) is 0 Å². The van der Waals surface area contributed by atoms with Gasteiger partial charge in [0.1, 0.15) is 0 Å². The molecule has 0 saturated carbocycles. The van der Waals surface area contributed by atoms with E-state index in [1.165, 1.54) is 59.8 Å². The summed E-state index contributed by atoms with van der Waals surface area (Å²) in [6, 6.07) is 18.5. The zero-order valence-electron chi connectivity index (χ0n) is 21.4. The van der Waals surface area contributed by atoms with Crippen LogP contribution in [-0.2, 0) is 10.8 Å². The largest absolute Gasteiger partial charge is 0.0720 e. The van der Waals surface area contributed by atoms with Crippen LogP contribution < -0.4 is 10.4 Å². The van der Waals surface area contributed by atoms with Gasteiger partial charge in [0.25, 0.3) is 0 Å².